The van der Waals surface area contributed by atoms with Gasteiger partial charge in [-0.3, -0.25) is 14.4 Å². The van der Waals surface area contributed by atoms with E-state index in [0.717, 1.165) is 0 Å². The van der Waals surface area contributed by atoms with Gasteiger partial charge in [-0.25, -0.2) is 4.79 Å². The number of aliphatic carboxylic acids is 1. The Balaban J connectivity index is 4.80. The fourth-order valence-corrected chi connectivity index (χ4v) is 1.98. The van der Waals surface area contributed by atoms with Crippen molar-refractivity contribution in [1.29, 1.82) is 0 Å². The van der Waals surface area contributed by atoms with Crippen molar-refractivity contribution in [3.05, 3.63) is 0 Å². The number of nitrogens with two attached hydrogens (primary N) is 1. The van der Waals surface area contributed by atoms with Gasteiger partial charge in [-0.1, -0.05) is 13.8 Å². The highest BCUT2D eigenvalue weighted by Crippen LogP contribution is 2.03. The van der Waals surface area contributed by atoms with Gasteiger partial charge in [-0.05, 0) is 12.8 Å². The lowest BCUT2D eigenvalue weighted by Crippen LogP contribution is -2.57. The third-order valence-electron chi connectivity index (χ3n) is 3.33. The van der Waals surface area contributed by atoms with E-state index in [0.29, 0.717) is 0 Å². The average Bonchev–Trinajstić information content (AvgIpc) is 2.55. The van der Waals surface area contributed by atoms with Crippen LogP contribution in [0.5, 0.6) is 0 Å². The Hall–Kier alpha value is -1.85. The van der Waals surface area contributed by atoms with Gasteiger partial charge in [0.15, 0.2) is 0 Å². The van der Waals surface area contributed by atoms with Crippen LogP contribution in [0.15, 0.2) is 0 Å². The van der Waals surface area contributed by atoms with Gasteiger partial charge in [0.05, 0.1) is 6.61 Å². The standard InChI is InChI=1S/C14H26N4O6S/c1-6(2)10(14(23)24)18-13(22)9(5-25)17-11(20)7(3)16-12(21)8(15)4-19/h6-10,19,25H,4-5,15H2,1-3H3,(H,16,21)(H,17,20)(H,18,22)(H,23,24). The second kappa shape index (κ2) is 10.9. The number of carboxylic acid groups (broad SMARTS) is 1. The van der Waals surface area contributed by atoms with Crippen molar-refractivity contribution in [1.82, 2.24) is 16.0 Å². The molecule has 7 N–H and O–H groups in total. The SMILES string of the molecule is CC(NC(=O)C(N)CO)C(=O)NC(CS)C(=O)NC(C(=O)O)C(C)C. The minimum Gasteiger partial charge on any atom is -0.480 e. The molecule has 0 saturated heterocycles. The van der Waals surface area contributed by atoms with Crippen molar-refractivity contribution in [3.63, 3.8) is 0 Å². The maximum Gasteiger partial charge on any atom is 0.326 e. The summed E-state index contributed by atoms with van der Waals surface area (Å²) in [5.74, 6) is -3.71. The van der Waals surface area contributed by atoms with E-state index in [1.54, 1.807) is 13.8 Å². The van der Waals surface area contributed by atoms with Crippen molar-refractivity contribution >= 4 is 36.3 Å². The summed E-state index contributed by atoms with van der Waals surface area (Å²) in [7, 11) is 0. The monoisotopic (exact) mass is 378 g/mol. The highest BCUT2D eigenvalue weighted by Gasteiger charge is 2.29. The maximum atomic E-state index is 12.1. The summed E-state index contributed by atoms with van der Waals surface area (Å²) in [6, 6.07) is -4.36. The van der Waals surface area contributed by atoms with E-state index >= 15 is 0 Å². The van der Waals surface area contributed by atoms with Crippen molar-refractivity contribution < 1.29 is 29.4 Å². The summed E-state index contributed by atoms with van der Waals surface area (Å²) >= 11 is 3.98. The van der Waals surface area contributed by atoms with E-state index < -0.39 is 54.5 Å². The smallest absolute Gasteiger partial charge is 0.326 e. The molecule has 0 saturated carbocycles. The molecule has 0 aromatic rings. The fourth-order valence-electron chi connectivity index (χ4n) is 1.73. The Morgan fingerprint density at radius 1 is 1.00 bits per heavy atom. The minimum atomic E-state index is -1.19. The Labute approximate surface area is 151 Å². The van der Waals surface area contributed by atoms with Crippen LogP contribution in [-0.2, 0) is 19.2 Å². The second-order valence-electron chi connectivity index (χ2n) is 5.83. The fraction of sp³-hybridized carbons (Fsp3) is 0.714. The Kier molecular flexibility index (Phi) is 10.1. The molecule has 0 radical (unpaired) electrons. The predicted octanol–water partition coefficient (Wildman–Crippen LogP) is -2.55. The van der Waals surface area contributed by atoms with Crippen LogP contribution in [0.1, 0.15) is 20.8 Å². The quantitative estimate of drug-likeness (QED) is 0.205. The molecule has 4 unspecified atom stereocenters. The van der Waals surface area contributed by atoms with Gasteiger partial charge in [0.25, 0.3) is 0 Å². The van der Waals surface area contributed by atoms with Gasteiger partial charge >= 0.3 is 5.97 Å². The Bertz CT molecular complexity index is 502. The minimum absolute atomic E-state index is 0.0706. The predicted molar refractivity (Wildman–Crippen MR) is 92.9 cm³/mol. The van der Waals surface area contributed by atoms with Crippen LogP contribution in [0.3, 0.4) is 0 Å². The first kappa shape index (κ1) is 23.1. The van der Waals surface area contributed by atoms with E-state index in [-0.39, 0.29) is 11.7 Å². The number of amides is 3. The number of carboxylic acids is 1. The van der Waals surface area contributed by atoms with Gasteiger partial charge in [-0.15, -0.1) is 0 Å². The molecule has 0 aliphatic heterocycles. The molecule has 25 heavy (non-hydrogen) atoms. The number of carbonyl (C=O) groups is 4. The average molecular weight is 378 g/mol. The third kappa shape index (κ3) is 7.71. The van der Waals surface area contributed by atoms with Crippen LogP contribution in [0.4, 0.5) is 0 Å². The third-order valence-corrected chi connectivity index (χ3v) is 3.70. The van der Waals surface area contributed by atoms with E-state index in [2.05, 4.69) is 28.6 Å². The molecule has 0 aliphatic rings. The molecule has 0 aliphatic carbocycles. The lowest BCUT2D eigenvalue weighted by Gasteiger charge is -2.23. The molecule has 0 heterocycles. The molecule has 3 amide bonds. The number of carbonyl (C=O) groups excluding carboxylic acids is 3. The molecule has 0 aromatic heterocycles. The molecule has 0 spiro atoms. The van der Waals surface area contributed by atoms with E-state index in [9.17, 15) is 19.2 Å². The number of aliphatic hydroxyl groups excluding tert-OH is 1. The normalized spacial score (nSPS) is 15.6. The maximum absolute atomic E-state index is 12.1. The van der Waals surface area contributed by atoms with Crippen LogP contribution in [0.2, 0.25) is 0 Å². The summed E-state index contributed by atoms with van der Waals surface area (Å²) in [5.41, 5.74) is 5.33. The van der Waals surface area contributed by atoms with Crippen LogP contribution < -0.4 is 21.7 Å². The molecule has 11 heteroatoms. The van der Waals surface area contributed by atoms with Crippen LogP contribution in [0, 0.1) is 5.92 Å². The van der Waals surface area contributed by atoms with E-state index in [1.807, 2.05) is 0 Å². The van der Waals surface area contributed by atoms with Crippen molar-refractivity contribution in [3.8, 4) is 0 Å². The first-order valence-corrected chi connectivity index (χ1v) is 8.29. The van der Waals surface area contributed by atoms with Crippen LogP contribution in [0.25, 0.3) is 0 Å². The second-order valence-corrected chi connectivity index (χ2v) is 6.20. The summed E-state index contributed by atoms with van der Waals surface area (Å²) in [5, 5.41) is 24.9. The summed E-state index contributed by atoms with van der Waals surface area (Å²) in [6.07, 6.45) is 0. The van der Waals surface area contributed by atoms with E-state index in [1.165, 1.54) is 6.92 Å². The Morgan fingerprint density at radius 3 is 1.96 bits per heavy atom. The molecular weight excluding hydrogens is 352 g/mol. The summed E-state index contributed by atoms with van der Waals surface area (Å²) in [4.78, 5) is 46.9. The van der Waals surface area contributed by atoms with Gasteiger partial charge < -0.3 is 31.9 Å². The van der Waals surface area contributed by atoms with Gasteiger partial charge in [-0.2, -0.15) is 12.6 Å². The molecule has 4 atom stereocenters. The van der Waals surface area contributed by atoms with Crippen molar-refractivity contribution in [2.75, 3.05) is 12.4 Å². The zero-order chi connectivity index (χ0) is 19.7. The largest absolute Gasteiger partial charge is 0.480 e. The highest BCUT2D eigenvalue weighted by atomic mass is 32.1. The first-order chi connectivity index (χ1) is 11.5. The van der Waals surface area contributed by atoms with Crippen molar-refractivity contribution in [2.24, 2.45) is 11.7 Å². The summed E-state index contributed by atoms with van der Waals surface area (Å²) in [6.45, 7) is 4.07. The number of thiol groups is 1. The molecular formula is C14H26N4O6S. The van der Waals surface area contributed by atoms with Gasteiger partial charge in [0, 0.05) is 5.75 Å². The lowest BCUT2D eigenvalue weighted by molar-refractivity contribution is -0.143. The molecule has 0 bridgehead atoms. The molecule has 144 valence electrons. The highest BCUT2D eigenvalue weighted by molar-refractivity contribution is 7.80. The number of aliphatic hydroxyl groups is 1. The molecule has 10 nitrogen and oxygen atoms in total. The first-order valence-electron chi connectivity index (χ1n) is 7.66. The van der Waals surface area contributed by atoms with Gasteiger partial charge in [0.1, 0.15) is 24.2 Å². The summed E-state index contributed by atoms with van der Waals surface area (Å²) < 4.78 is 0. The number of nitrogens with one attached hydrogen (secondary N) is 3. The van der Waals surface area contributed by atoms with E-state index in [4.69, 9.17) is 15.9 Å². The number of rotatable bonds is 10. The zero-order valence-corrected chi connectivity index (χ0v) is 15.2. The number of hydrogen-bond donors (Lipinski definition) is 7. The molecule has 0 aromatic carbocycles. The van der Waals surface area contributed by atoms with Gasteiger partial charge in [0.2, 0.25) is 17.7 Å². The molecule has 0 fully saturated rings. The lowest BCUT2D eigenvalue weighted by atomic mass is 10.0. The van der Waals surface area contributed by atoms with Crippen LogP contribution in [-0.4, -0.2) is 70.4 Å². The number of hydrogen-bond acceptors (Lipinski definition) is 7. The Morgan fingerprint density at radius 2 is 1.56 bits per heavy atom. The van der Waals surface area contributed by atoms with Crippen LogP contribution >= 0.6 is 12.6 Å². The molecule has 0 rings (SSSR count). The van der Waals surface area contributed by atoms with Crippen molar-refractivity contribution in [2.45, 2.75) is 44.9 Å². The topological polar surface area (TPSA) is 171 Å². The zero-order valence-electron chi connectivity index (χ0n) is 14.4.